The van der Waals surface area contributed by atoms with Crippen LogP contribution in [0.2, 0.25) is 0 Å². The van der Waals surface area contributed by atoms with E-state index in [-0.39, 0.29) is 0 Å². The first kappa shape index (κ1) is 6.85. The summed E-state index contributed by atoms with van der Waals surface area (Å²) in [5.74, 6) is 0. The molecule has 0 aliphatic carbocycles. The van der Waals surface area contributed by atoms with Gasteiger partial charge in [-0.25, -0.2) is 0 Å². The highest BCUT2D eigenvalue weighted by Crippen LogP contribution is 2.18. The molecule has 2 rings (SSSR count). The highest BCUT2D eigenvalue weighted by atomic mass is 15.3. The van der Waals surface area contributed by atoms with Crippen molar-refractivity contribution in [1.29, 1.82) is 0 Å². The van der Waals surface area contributed by atoms with Crippen LogP contribution in [-0.4, -0.2) is 9.78 Å². The minimum atomic E-state index is 0.948. The molecule has 1 aliphatic rings. The predicted octanol–water partition coefficient (Wildman–Crippen LogP) is 0.586. The molecule has 0 saturated heterocycles. The van der Waals surface area contributed by atoms with Crippen LogP contribution in [0.5, 0.6) is 0 Å². The molecule has 0 fully saturated rings. The summed E-state index contributed by atoms with van der Waals surface area (Å²) >= 11 is 0. The lowest BCUT2D eigenvalue weighted by Crippen LogP contribution is -2.07. The van der Waals surface area contributed by atoms with Gasteiger partial charge in [-0.3, -0.25) is 4.68 Å². The first-order valence-corrected chi connectivity index (χ1v) is 4.07. The maximum Gasteiger partial charge on any atom is 0.0810 e. The highest BCUT2D eigenvalue weighted by Gasteiger charge is 2.18. The standard InChI is InChI=1S/C8H13N3/c1-3-8-6-4-9-5-7(6)10-11(8)2/h9H,3-5H2,1-2H3. The van der Waals surface area contributed by atoms with E-state index in [1.807, 2.05) is 11.7 Å². The Morgan fingerprint density at radius 2 is 2.36 bits per heavy atom. The number of rotatable bonds is 1. The number of aromatic nitrogens is 2. The molecule has 1 aromatic heterocycles. The fourth-order valence-corrected chi connectivity index (χ4v) is 1.76. The lowest BCUT2D eigenvalue weighted by Gasteiger charge is -1.99. The van der Waals surface area contributed by atoms with Crippen LogP contribution in [0.15, 0.2) is 0 Å². The molecule has 0 atom stereocenters. The molecule has 3 heteroatoms. The van der Waals surface area contributed by atoms with Gasteiger partial charge < -0.3 is 5.32 Å². The van der Waals surface area contributed by atoms with Crippen molar-refractivity contribution in [2.45, 2.75) is 26.4 Å². The molecule has 0 bridgehead atoms. The van der Waals surface area contributed by atoms with Gasteiger partial charge in [0.2, 0.25) is 0 Å². The van der Waals surface area contributed by atoms with E-state index in [9.17, 15) is 0 Å². The summed E-state index contributed by atoms with van der Waals surface area (Å²) in [6.07, 6.45) is 1.08. The van der Waals surface area contributed by atoms with Crippen molar-refractivity contribution in [2.75, 3.05) is 0 Å². The molecule has 60 valence electrons. The largest absolute Gasteiger partial charge is 0.307 e. The number of nitrogens with one attached hydrogen (secondary N) is 1. The predicted molar refractivity (Wildman–Crippen MR) is 43.1 cm³/mol. The summed E-state index contributed by atoms with van der Waals surface area (Å²) in [6, 6.07) is 0. The molecule has 0 unspecified atom stereocenters. The van der Waals surface area contributed by atoms with Crippen LogP contribution < -0.4 is 5.32 Å². The summed E-state index contributed by atoms with van der Waals surface area (Å²) in [6.45, 7) is 4.13. The molecule has 0 saturated carbocycles. The van der Waals surface area contributed by atoms with Crippen molar-refractivity contribution in [3.8, 4) is 0 Å². The van der Waals surface area contributed by atoms with E-state index >= 15 is 0 Å². The lowest BCUT2D eigenvalue weighted by molar-refractivity contribution is 0.659. The van der Waals surface area contributed by atoms with Gasteiger partial charge in [0, 0.05) is 31.4 Å². The van der Waals surface area contributed by atoms with Crippen LogP contribution in [0.25, 0.3) is 0 Å². The zero-order chi connectivity index (χ0) is 7.84. The molecule has 0 radical (unpaired) electrons. The Hall–Kier alpha value is -0.830. The van der Waals surface area contributed by atoms with Gasteiger partial charge in [-0.05, 0) is 6.42 Å². The molecule has 0 aromatic carbocycles. The number of hydrogen-bond donors (Lipinski definition) is 1. The average molecular weight is 151 g/mol. The van der Waals surface area contributed by atoms with Gasteiger partial charge in [0.1, 0.15) is 0 Å². The monoisotopic (exact) mass is 151 g/mol. The van der Waals surface area contributed by atoms with Crippen molar-refractivity contribution in [3.05, 3.63) is 17.0 Å². The van der Waals surface area contributed by atoms with Crippen molar-refractivity contribution in [1.82, 2.24) is 15.1 Å². The SMILES string of the molecule is CCc1c2c(nn1C)CNC2. The van der Waals surface area contributed by atoms with Crippen LogP contribution in [0.1, 0.15) is 23.9 Å². The highest BCUT2D eigenvalue weighted by molar-refractivity contribution is 5.29. The third kappa shape index (κ3) is 0.878. The Morgan fingerprint density at radius 3 is 3.09 bits per heavy atom. The molecular formula is C8H13N3. The quantitative estimate of drug-likeness (QED) is 0.636. The fraction of sp³-hybridized carbons (Fsp3) is 0.625. The normalized spacial score (nSPS) is 15.5. The third-order valence-electron chi connectivity index (χ3n) is 2.29. The molecular weight excluding hydrogens is 138 g/mol. The first-order valence-electron chi connectivity index (χ1n) is 4.07. The van der Waals surface area contributed by atoms with Gasteiger partial charge in [-0.2, -0.15) is 5.10 Å². The Kier molecular flexibility index (Phi) is 1.46. The number of nitrogens with zero attached hydrogens (tertiary/aromatic N) is 2. The van der Waals surface area contributed by atoms with Crippen LogP contribution in [0, 0.1) is 0 Å². The minimum absolute atomic E-state index is 0.948. The first-order chi connectivity index (χ1) is 5.33. The van der Waals surface area contributed by atoms with Crippen LogP contribution >= 0.6 is 0 Å². The number of aryl methyl sites for hydroxylation is 1. The van der Waals surface area contributed by atoms with Gasteiger partial charge in [-0.1, -0.05) is 6.92 Å². The van der Waals surface area contributed by atoms with E-state index in [1.54, 1.807) is 0 Å². The lowest BCUT2D eigenvalue weighted by atomic mass is 10.2. The van der Waals surface area contributed by atoms with E-state index in [4.69, 9.17) is 0 Å². The summed E-state index contributed by atoms with van der Waals surface area (Å²) in [7, 11) is 2.02. The Bertz CT molecular complexity index is 275. The second kappa shape index (κ2) is 2.34. The molecule has 0 spiro atoms. The Morgan fingerprint density at radius 1 is 1.55 bits per heavy atom. The van der Waals surface area contributed by atoms with Crippen molar-refractivity contribution >= 4 is 0 Å². The second-order valence-corrected chi connectivity index (χ2v) is 2.95. The Balaban J connectivity index is 2.52. The zero-order valence-electron chi connectivity index (χ0n) is 7.02. The van der Waals surface area contributed by atoms with Gasteiger partial charge in [0.15, 0.2) is 0 Å². The van der Waals surface area contributed by atoms with Gasteiger partial charge in [-0.15, -0.1) is 0 Å². The van der Waals surface area contributed by atoms with Gasteiger partial charge >= 0.3 is 0 Å². The topological polar surface area (TPSA) is 29.9 Å². The Labute approximate surface area is 66.4 Å². The maximum absolute atomic E-state index is 4.42. The van der Waals surface area contributed by atoms with Crippen molar-refractivity contribution in [2.24, 2.45) is 7.05 Å². The molecule has 1 aliphatic heterocycles. The van der Waals surface area contributed by atoms with E-state index in [2.05, 4.69) is 17.3 Å². The van der Waals surface area contributed by atoms with Crippen LogP contribution in [-0.2, 0) is 26.6 Å². The molecule has 11 heavy (non-hydrogen) atoms. The smallest absolute Gasteiger partial charge is 0.0810 e. The molecule has 2 heterocycles. The fourth-order valence-electron chi connectivity index (χ4n) is 1.76. The van der Waals surface area contributed by atoms with Gasteiger partial charge in [0.25, 0.3) is 0 Å². The number of hydrogen-bond acceptors (Lipinski definition) is 2. The van der Waals surface area contributed by atoms with E-state index < -0.39 is 0 Å². The van der Waals surface area contributed by atoms with Crippen molar-refractivity contribution < 1.29 is 0 Å². The molecule has 1 aromatic rings. The zero-order valence-corrected chi connectivity index (χ0v) is 7.02. The van der Waals surface area contributed by atoms with E-state index in [0.29, 0.717) is 0 Å². The second-order valence-electron chi connectivity index (χ2n) is 2.95. The number of fused-ring (bicyclic) bond motifs is 1. The molecule has 3 nitrogen and oxygen atoms in total. The van der Waals surface area contributed by atoms with Crippen LogP contribution in [0.3, 0.4) is 0 Å². The summed E-state index contributed by atoms with van der Waals surface area (Å²) < 4.78 is 2.01. The van der Waals surface area contributed by atoms with Crippen LogP contribution in [0.4, 0.5) is 0 Å². The average Bonchev–Trinajstić information content (AvgIpc) is 2.46. The molecule has 0 amide bonds. The maximum atomic E-state index is 4.42. The summed E-state index contributed by atoms with van der Waals surface area (Å²) in [5.41, 5.74) is 4.05. The van der Waals surface area contributed by atoms with Crippen molar-refractivity contribution in [3.63, 3.8) is 0 Å². The van der Waals surface area contributed by atoms with E-state index in [0.717, 1.165) is 19.5 Å². The van der Waals surface area contributed by atoms with Gasteiger partial charge in [0.05, 0.1) is 5.69 Å². The third-order valence-corrected chi connectivity index (χ3v) is 2.29. The minimum Gasteiger partial charge on any atom is -0.307 e. The molecule has 1 N–H and O–H groups in total. The summed E-state index contributed by atoms with van der Waals surface area (Å²) in [5, 5.41) is 7.71. The summed E-state index contributed by atoms with van der Waals surface area (Å²) in [4.78, 5) is 0. The van der Waals surface area contributed by atoms with E-state index in [1.165, 1.54) is 17.0 Å².